The molecule has 1 aliphatic carbocycles. The number of nitrogens with zero attached hydrogens (tertiary/aromatic N) is 2. The van der Waals surface area contributed by atoms with Crippen molar-refractivity contribution in [2.45, 2.75) is 49.1 Å². The van der Waals surface area contributed by atoms with Crippen LogP contribution in [0.1, 0.15) is 31.9 Å². The van der Waals surface area contributed by atoms with Crippen molar-refractivity contribution in [2.24, 2.45) is 5.73 Å². The number of thioether (sulfide) groups is 1. The highest BCUT2D eigenvalue weighted by Gasteiger charge is 2.43. The summed E-state index contributed by atoms with van der Waals surface area (Å²) in [6.07, 6.45) is 3.92. The summed E-state index contributed by atoms with van der Waals surface area (Å²) in [4.78, 5) is 20.4. The van der Waals surface area contributed by atoms with Crippen LogP contribution in [0.5, 0.6) is 0 Å². The van der Waals surface area contributed by atoms with Crippen LogP contribution < -0.4 is 5.73 Å². The first-order valence-corrected chi connectivity index (χ1v) is 7.34. The summed E-state index contributed by atoms with van der Waals surface area (Å²) in [5.74, 6) is -0.289. The van der Waals surface area contributed by atoms with Crippen LogP contribution in [-0.4, -0.2) is 33.3 Å². The van der Waals surface area contributed by atoms with Gasteiger partial charge in [-0.25, -0.2) is 9.97 Å². The van der Waals surface area contributed by atoms with Crippen molar-refractivity contribution < 1.29 is 9.53 Å². The molecule has 1 saturated carbocycles. The van der Waals surface area contributed by atoms with E-state index in [0.717, 1.165) is 17.3 Å². The van der Waals surface area contributed by atoms with E-state index in [1.807, 2.05) is 13.0 Å². The Hall–Kier alpha value is -1.14. The Bertz CT molecular complexity index is 469. The third-order valence-electron chi connectivity index (χ3n) is 3.23. The van der Waals surface area contributed by atoms with Crippen molar-refractivity contribution in [1.29, 1.82) is 0 Å². The predicted molar refractivity (Wildman–Crippen MR) is 73.8 cm³/mol. The highest BCUT2D eigenvalue weighted by Crippen LogP contribution is 2.38. The van der Waals surface area contributed by atoms with Crippen LogP contribution in [0.25, 0.3) is 0 Å². The maximum Gasteiger partial charge on any atom is 0.326 e. The highest BCUT2D eigenvalue weighted by atomic mass is 32.2. The summed E-state index contributed by atoms with van der Waals surface area (Å²) in [6, 6.07) is 1.87. The molecule has 2 unspecified atom stereocenters. The van der Waals surface area contributed by atoms with Gasteiger partial charge in [0, 0.05) is 17.1 Å². The molecule has 1 fully saturated rings. The number of aryl methyl sites for hydroxylation is 1. The molecule has 1 aromatic heterocycles. The number of rotatable bonds is 4. The van der Waals surface area contributed by atoms with Gasteiger partial charge in [0.2, 0.25) is 0 Å². The summed E-state index contributed by atoms with van der Waals surface area (Å²) in [5.41, 5.74) is 6.24. The van der Waals surface area contributed by atoms with Gasteiger partial charge in [-0.3, -0.25) is 4.79 Å². The van der Waals surface area contributed by atoms with Gasteiger partial charge < -0.3 is 10.5 Å². The van der Waals surface area contributed by atoms with E-state index < -0.39 is 5.54 Å². The van der Waals surface area contributed by atoms with E-state index in [4.69, 9.17) is 10.5 Å². The van der Waals surface area contributed by atoms with Crippen LogP contribution in [0.3, 0.4) is 0 Å². The second-order valence-corrected chi connectivity index (χ2v) is 6.11. The molecule has 2 rings (SSSR count). The van der Waals surface area contributed by atoms with Gasteiger partial charge in [0.25, 0.3) is 0 Å². The summed E-state index contributed by atoms with van der Waals surface area (Å²) >= 11 is 1.59. The number of hydrogen-bond acceptors (Lipinski definition) is 6. The van der Waals surface area contributed by atoms with E-state index in [2.05, 4.69) is 9.97 Å². The number of aromatic nitrogens is 2. The summed E-state index contributed by atoms with van der Waals surface area (Å²) in [5, 5.41) is 1.02. The second-order valence-electron chi connectivity index (χ2n) is 4.84. The predicted octanol–water partition coefficient (Wildman–Crippen LogP) is 1.69. The first kappa shape index (κ1) is 14.3. The first-order chi connectivity index (χ1) is 9.03. The molecular weight excluding hydrogens is 262 g/mol. The third kappa shape index (κ3) is 3.45. The lowest BCUT2D eigenvalue weighted by Crippen LogP contribution is -2.47. The fourth-order valence-corrected chi connectivity index (χ4v) is 3.45. The van der Waals surface area contributed by atoms with Gasteiger partial charge >= 0.3 is 5.97 Å². The Morgan fingerprint density at radius 1 is 1.68 bits per heavy atom. The van der Waals surface area contributed by atoms with Crippen molar-refractivity contribution in [1.82, 2.24) is 9.97 Å². The average Bonchev–Trinajstić information content (AvgIpc) is 2.73. The Kier molecular flexibility index (Phi) is 4.42. The van der Waals surface area contributed by atoms with Crippen LogP contribution in [-0.2, 0) is 9.53 Å². The van der Waals surface area contributed by atoms with E-state index in [0.29, 0.717) is 19.4 Å². The molecule has 0 aromatic carbocycles. The smallest absolute Gasteiger partial charge is 0.326 e. The quantitative estimate of drug-likeness (QED) is 0.668. The molecule has 0 bridgehead atoms. The van der Waals surface area contributed by atoms with Gasteiger partial charge in [0.15, 0.2) is 5.16 Å². The third-order valence-corrected chi connectivity index (χ3v) is 4.37. The van der Waals surface area contributed by atoms with E-state index >= 15 is 0 Å². The lowest BCUT2D eigenvalue weighted by molar-refractivity contribution is -0.149. The van der Waals surface area contributed by atoms with Crippen molar-refractivity contribution in [2.75, 3.05) is 6.61 Å². The van der Waals surface area contributed by atoms with Crippen LogP contribution in [0, 0.1) is 6.92 Å². The average molecular weight is 281 g/mol. The van der Waals surface area contributed by atoms with Crippen molar-refractivity contribution >= 4 is 17.7 Å². The maximum absolute atomic E-state index is 11.8. The standard InChI is InChI=1S/C13H19N3O2S/c1-3-18-11(17)13(14)6-4-10(8-13)19-12-15-7-5-9(2)16-12/h5,7,10H,3-4,6,8,14H2,1-2H3. The highest BCUT2D eigenvalue weighted by molar-refractivity contribution is 7.99. The monoisotopic (exact) mass is 281 g/mol. The number of carbonyl (C=O) groups is 1. The largest absolute Gasteiger partial charge is 0.465 e. The van der Waals surface area contributed by atoms with Crippen molar-refractivity contribution in [3.8, 4) is 0 Å². The van der Waals surface area contributed by atoms with Gasteiger partial charge in [-0.2, -0.15) is 0 Å². The lowest BCUT2D eigenvalue weighted by Gasteiger charge is -2.21. The number of ether oxygens (including phenoxy) is 1. The van der Waals surface area contributed by atoms with E-state index in [-0.39, 0.29) is 11.2 Å². The molecule has 6 heteroatoms. The maximum atomic E-state index is 11.8. The molecular formula is C13H19N3O2S. The minimum absolute atomic E-state index is 0.274. The molecule has 0 radical (unpaired) electrons. The van der Waals surface area contributed by atoms with Gasteiger partial charge in [0.05, 0.1) is 6.61 Å². The van der Waals surface area contributed by atoms with Crippen LogP contribution in [0.15, 0.2) is 17.4 Å². The van der Waals surface area contributed by atoms with E-state index in [1.54, 1.807) is 24.9 Å². The van der Waals surface area contributed by atoms with Crippen LogP contribution >= 0.6 is 11.8 Å². The molecule has 5 nitrogen and oxygen atoms in total. The van der Waals surface area contributed by atoms with Gasteiger partial charge in [0.1, 0.15) is 5.54 Å². The number of esters is 1. The molecule has 2 atom stereocenters. The molecule has 1 heterocycles. The molecule has 2 N–H and O–H groups in total. The second kappa shape index (κ2) is 5.88. The fourth-order valence-electron chi connectivity index (χ4n) is 2.22. The Morgan fingerprint density at radius 3 is 3.16 bits per heavy atom. The molecule has 0 saturated heterocycles. The molecule has 19 heavy (non-hydrogen) atoms. The SMILES string of the molecule is CCOC(=O)C1(N)CCC(Sc2nccc(C)n2)C1. The van der Waals surface area contributed by atoms with Crippen molar-refractivity contribution in [3.05, 3.63) is 18.0 Å². The minimum atomic E-state index is -0.836. The van der Waals surface area contributed by atoms with E-state index in [9.17, 15) is 4.79 Å². The summed E-state index contributed by atoms with van der Waals surface area (Å²) < 4.78 is 5.04. The normalized spacial score (nSPS) is 26.4. The first-order valence-electron chi connectivity index (χ1n) is 6.46. The summed E-state index contributed by atoms with van der Waals surface area (Å²) in [7, 11) is 0. The van der Waals surface area contributed by atoms with Crippen LogP contribution in [0.4, 0.5) is 0 Å². The lowest BCUT2D eigenvalue weighted by atomic mass is 10.00. The van der Waals surface area contributed by atoms with Crippen molar-refractivity contribution in [3.63, 3.8) is 0 Å². The minimum Gasteiger partial charge on any atom is -0.465 e. The zero-order valence-electron chi connectivity index (χ0n) is 11.3. The van der Waals surface area contributed by atoms with Crippen LogP contribution in [0.2, 0.25) is 0 Å². The molecule has 104 valence electrons. The fraction of sp³-hybridized carbons (Fsp3) is 0.615. The molecule has 0 amide bonds. The van der Waals surface area contributed by atoms with Gasteiger partial charge in [-0.1, -0.05) is 11.8 Å². The Labute approximate surface area is 117 Å². The molecule has 0 spiro atoms. The zero-order chi connectivity index (χ0) is 13.9. The molecule has 0 aliphatic heterocycles. The molecule has 1 aromatic rings. The Balaban J connectivity index is 1.97. The number of nitrogens with two attached hydrogens (primary N) is 1. The summed E-state index contributed by atoms with van der Waals surface area (Å²) in [6.45, 7) is 4.10. The zero-order valence-corrected chi connectivity index (χ0v) is 12.1. The van der Waals surface area contributed by atoms with Gasteiger partial charge in [-0.05, 0) is 39.2 Å². The Morgan fingerprint density at radius 2 is 2.47 bits per heavy atom. The van der Waals surface area contributed by atoms with Gasteiger partial charge in [-0.15, -0.1) is 0 Å². The number of hydrogen-bond donors (Lipinski definition) is 1. The number of carbonyl (C=O) groups excluding carboxylic acids is 1. The van der Waals surface area contributed by atoms with E-state index in [1.165, 1.54) is 0 Å². The molecule has 1 aliphatic rings. The topological polar surface area (TPSA) is 78.1 Å².